The minimum absolute atomic E-state index is 0.0538. The number of carbonyl (C=O) groups is 1. The molecule has 1 aliphatic rings. The van der Waals surface area contributed by atoms with Crippen molar-refractivity contribution in [3.8, 4) is 0 Å². The highest BCUT2D eigenvalue weighted by Gasteiger charge is 2.36. The zero-order chi connectivity index (χ0) is 16.7. The van der Waals surface area contributed by atoms with Gasteiger partial charge in [-0.25, -0.2) is 8.42 Å². The molecule has 5 heteroatoms. The molecule has 0 aromatic heterocycles. The second-order valence-electron chi connectivity index (χ2n) is 6.92. The number of amides is 1. The molecule has 0 aliphatic carbocycles. The maximum Gasteiger partial charge on any atom is 0.232 e. The van der Waals surface area contributed by atoms with Crippen molar-refractivity contribution >= 4 is 21.4 Å². The SMILES string of the molecule is Cc1ccc(N(C(=O)C(C)(C)C)C2C=CS(=O)(=O)C2)cc1C. The van der Waals surface area contributed by atoms with E-state index in [-0.39, 0.29) is 11.7 Å². The van der Waals surface area contributed by atoms with Gasteiger partial charge in [0, 0.05) is 16.5 Å². The Morgan fingerprint density at radius 3 is 2.27 bits per heavy atom. The van der Waals surface area contributed by atoms with Gasteiger partial charge in [-0.3, -0.25) is 4.79 Å². The van der Waals surface area contributed by atoms with E-state index in [1.54, 1.807) is 11.0 Å². The molecule has 2 rings (SSSR count). The smallest absolute Gasteiger partial charge is 0.232 e. The Kier molecular flexibility index (Phi) is 4.22. The van der Waals surface area contributed by atoms with Crippen LogP contribution in [-0.2, 0) is 14.6 Å². The molecule has 0 radical (unpaired) electrons. The monoisotopic (exact) mass is 321 g/mol. The number of sulfone groups is 1. The Labute approximate surface area is 132 Å². The normalized spacial score (nSPS) is 20.1. The number of hydrogen-bond donors (Lipinski definition) is 0. The summed E-state index contributed by atoms with van der Waals surface area (Å²) in [6.07, 6.45) is 1.61. The molecule has 0 saturated heterocycles. The van der Waals surface area contributed by atoms with Crippen LogP contribution in [0.15, 0.2) is 29.7 Å². The Bertz CT molecular complexity index is 727. The molecule has 0 spiro atoms. The Hall–Kier alpha value is -1.62. The van der Waals surface area contributed by atoms with Gasteiger partial charge >= 0.3 is 0 Å². The third-order valence-electron chi connectivity index (χ3n) is 3.87. The molecule has 0 bridgehead atoms. The molecule has 22 heavy (non-hydrogen) atoms. The molecular weight excluding hydrogens is 298 g/mol. The summed E-state index contributed by atoms with van der Waals surface area (Å²) in [5.74, 6) is -0.135. The first kappa shape index (κ1) is 16.7. The Morgan fingerprint density at radius 2 is 1.82 bits per heavy atom. The number of anilines is 1. The van der Waals surface area contributed by atoms with E-state index < -0.39 is 21.3 Å². The van der Waals surface area contributed by atoms with Crippen LogP contribution in [0.2, 0.25) is 0 Å². The van der Waals surface area contributed by atoms with Gasteiger partial charge in [0.25, 0.3) is 0 Å². The topological polar surface area (TPSA) is 54.5 Å². The van der Waals surface area contributed by atoms with Crippen molar-refractivity contribution in [3.05, 3.63) is 40.8 Å². The number of rotatable bonds is 2. The molecule has 0 N–H and O–H groups in total. The average molecular weight is 321 g/mol. The molecule has 0 fully saturated rings. The fourth-order valence-electron chi connectivity index (χ4n) is 2.42. The number of benzene rings is 1. The van der Waals surface area contributed by atoms with Crippen molar-refractivity contribution in [2.45, 2.75) is 40.7 Å². The van der Waals surface area contributed by atoms with E-state index in [4.69, 9.17) is 0 Å². The lowest BCUT2D eigenvalue weighted by molar-refractivity contribution is -0.126. The maximum absolute atomic E-state index is 12.9. The molecule has 1 aliphatic heterocycles. The van der Waals surface area contributed by atoms with E-state index in [1.807, 2.05) is 52.8 Å². The third kappa shape index (κ3) is 3.40. The highest BCUT2D eigenvalue weighted by atomic mass is 32.2. The Balaban J connectivity index is 2.49. The lowest BCUT2D eigenvalue weighted by Crippen LogP contribution is -2.46. The fourth-order valence-corrected chi connectivity index (χ4v) is 3.68. The van der Waals surface area contributed by atoms with Gasteiger partial charge in [0.05, 0.1) is 11.8 Å². The van der Waals surface area contributed by atoms with Crippen LogP contribution in [0.25, 0.3) is 0 Å². The van der Waals surface area contributed by atoms with Crippen molar-refractivity contribution in [1.82, 2.24) is 0 Å². The lowest BCUT2D eigenvalue weighted by atomic mass is 9.93. The second-order valence-corrected chi connectivity index (χ2v) is 8.85. The second kappa shape index (κ2) is 5.54. The summed E-state index contributed by atoms with van der Waals surface area (Å²) in [4.78, 5) is 14.5. The van der Waals surface area contributed by atoms with Gasteiger partial charge in [-0.1, -0.05) is 26.8 Å². The van der Waals surface area contributed by atoms with Crippen molar-refractivity contribution in [2.24, 2.45) is 5.41 Å². The van der Waals surface area contributed by atoms with Crippen LogP contribution in [0.5, 0.6) is 0 Å². The van der Waals surface area contributed by atoms with Crippen LogP contribution in [-0.4, -0.2) is 26.1 Å². The van der Waals surface area contributed by atoms with Crippen molar-refractivity contribution < 1.29 is 13.2 Å². The minimum atomic E-state index is -3.22. The molecular formula is C17H23NO3S. The summed E-state index contributed by atoms with van der Waals surface area (Å²) in [6.45, 7) is 9.53. The van der Waals surface area contributed by atoms with Crippen molar-refractivity contribution in [3.63, 3.8) is 0 Å². The van der Waals surface area contributed by atoms with Crippen LogP contribution < -0.4 is 4.90 Å². The standard InChI is InChI=1S/C17H23NO3S/c1-12-6-7-14(10-13(12)2)18(16(19)17(3,4)5)15-8-9-22(20,21)11-15/h6-10,15H,11H2,1-5H3. The first-order valence-electron chi connectivity index (χ1n) is 7.33. The number of carbonyl (C=O) groups excluding carboxylic acids is 1. The molecule has 1 heterocycles. The molecule has 1 aromatic rings. The van der Waals surface area contributed by atoms with Crippen molar-refractivity contribution in [1.29, 1.82) is 0 Å². The predicted octanol–water partition coefficient (Wildman–Crippen LogP) is 2.99. The molecule has 120 valence electrons. The fraction of sp³-hybridized carbons (Fsp3) is 0.471. The molecule has 4 nitrogen and oxygen atoms in total. The van der Waals surface area contributed by atoms with E-state index in [1.165, 1.54) is 5.41 Å². The molecule has 0 saturated carbocycles. The zero-order valence-electron chi connectivity index (χ0n) is 13.8. The molecule has 1 atom stereocenters. The molecule has 1 unspecified atom stereocenters. The third-order valence-corrected chi connectivity index (χ3v) is 5.25. The highest BCUT2D eigenvalue weighted by Crippen LogP contribution is 2.29. The van der Waals surface area contributed by atoms with Crippen LogP contribution in [0, 0.1) is 19.3 Å². The summed E-state index contributed by atoms with van der Waals surface area (Å²) in [6, 6.07) is 5.34. The zero-order valence-corrected chi connectivity index (χ0v) is 14.6. The van der Waals surface area contributed by atoms with E-state index in [2.05, 4.69) is 0 Å². The number of nitrogens with zero attached hydrogens (tertiary/aromatic N) is 1. The lowest BCUT2D eigenvalue weighted by Gasteiger charge is -2.33. The van der Waals surface area contributed by atoms with Crippen LogP contribution in [0.4, 0.5) is 5.69 Å². The maximum atomic E-state index is 12.9. The van der Waals surface area contributed by atoms with E-state index in [9.17, 15) is 13.2 Å². The number of aryl methyl sites for hydroxylation is 2. The summed E-state index contributed by atoms with van der Waals surface area (Å²) in [5.41, 5.74) is 2.38. The minimum Gasteiger partial charge on any atom is -0.304 e. The molecule has 1 aromatic carbocycles. The number of hydrogen-bond acceptors (Lipinski definition) is 3. The van der Waals surface area contributed by atoms with E-state index in [0.29, 0.717) is 0 Å². The van der Waals surface area contributed by atoms with Crippen molar-refractivity contribution in [2.75, 3.05) is 10.7 Å². The largest absolute Gasteiger partial charge is 0.304 e. The summed E-state index contributed by atoms with van der Waals surface area (Å²) in [5, 5.41) is 1.21. The summed E-state index contributed by atoms with van der Waals surface area (Å²) in [7, 11) is -3.22. The van der Waals surface area contributed by atoms with Crippen LogP contribution >= 0.6 is 0 Å². The average Bonchev–Trinajstić information content (AvgIpc) is 2.73. The van der Waals surface area contributed by atoms with Gasteiger partial charge in [-0.2, -0.15) is 0 Å². The highest BCUT2D eigenvalue weighted by molar-refractivity contribution is 7.94. The summed E-state index contributed by atoms with van der Waals surface area (Å²) >= 11 is 0. The van der Waals surface area contributed by atoms with Gasteiger partial charge < -0.3 is 4.90 Å². The quantitative estimate of drug-likeness (QED) is 0.841. The van der Waals surface area contributed by atoms with E-state index >= 15 is 0 Å². The Morgan fingerprint density at radius 1 is 1.18 bits per heavy atom. The van der Waals surface area contributed by atoms with Gasteiger partial charge in [0.2, 0.25) is 5.91 Å². The van der Waals surface area contributed by atoms with E-state index in [0.717, 1.165) is 16.8 Å². The van der Waals surface area contributed by atoms with Gasteiger partial charge in [0.1, 0.15) is 0 Å². The van der Waals surface area contributed by atoms with Gasteiger partial charge in [-0.15, -0.1) is 0 Å². The van der Waals surface area contributed by atoms with Gasteiger partial charge in [0.15, 0.2) is 9.84 Å². The predicted molar refractivity (Wildman–Crippen MR) is 89.6 cm³/mol. The summed E-state index contributed by atoms with van der Waals surface area (Å²) < 4.78 is 23.5. The van der Waals surface area contributed by atoms with Gasteiger partial charge in [-0.05, 0) is 43.2 Å². The first-order valence-corrected chi connectivity index (χ1v) is 9.05. The molecule has 1 amide bonds. The first-order chi connectivity index (χ1) is 10.0. The van der Waals surface area contributed by atoms with Crippen LogP contribution in [0.3, 0.4) is 0 Å². The van der Waals surface area contributed by atoms with Crippen LogP contribution in [0.1, 0.15) is 31.9 Å².